The van der Waals surface area contributed by atoms with Gasteiger partial charge in [0.2, 0.25) is 5.91 Å². The Morgan fingerprint density at radius 2 is 1.87 bits per heavy atom. The predicted octanol–water partition coefficient (Wildman–Crippen LogP) is 3.78. The SMILES string of the molecule is CC(C)c1ccc(C2CC2C(=O)N(C)CC(C)(C)CN)cc1.Cl. The van der Waals surface area contributed by atoms with Crippen LogP contribution in [0.1, 0.15) is 57.1 Å². The Morgan fingerprint density at radius 3 is 2.35 bits per heavy atom. The standard InChI is InChI=1S/C19H30N2O.ClH/c1-13(2)14-6-8-15(9-7-14)16-10-17(16)18(22)21(5)12-19(3,4)11-20;/h6-9,13,16-17H,10-12,20H2,1-5H3;1H. The van der Waals surface area contributed by atoms with Crippen LogP contribution in [0, 0.1) is 11.3 Å². The van der Waals surface area contributed by atoms with Crippen molar-refractivity contribution < 1.29 is 4.79 Å². The van der Waals surface area contributed by atoms with Gasteiger partial charge in [-0.05, 0) is 41.3 Å². The highest BCUT2D eigenvalue weighted by Crippen LogP contribution is 2.48. The highest BCUT2D eigenvalue weighted by molar-refractivity contribution is 5.85. The second kappa shape index (κ2) is 7.67. The molecule has 0 spiro atoms. The number of hydrogen-bond donors (Lipinski definition) is 1. The van der Waals surface area contributed by atoms with Crippen molar-refractivity contribution in [2.45, 2.75) is 46.0 Å². The van der Waals surface area contributed by atoms with Gasteiger partial charge in [-0.1, -0.05) is 52.0 Å². The van der Waals surface area contributed by atoms with Crippen LogP contribution in [0.3, 0.4) is 0 Å². The number of carbonyl (C=O) groups excluding carboxylic acids is 1. The summed E-state index contributed by atoms with van der Waals surface area (Å²) >= 11 is 0. The van der Waals surface area contributed by atoms with Gasteiger partial charge in [0.1, 0.15) is 0 Å². The van der Waals surface area contributed by atoms with E-state index in [1.807, 2.05) is 11.9 Å². The molecule has 0 aromatic heterocycles. The molecule has 1 aliphatic carbocycles. The Labute approximate surface area is 147 Å². The van der Waals surface area contributed by atoms with E-state index >= 15 is 0 Å². The average Bonchev–Trinajstić information content (AvgIpc) is 3.26. The van der Waals surface area contributed by atoms with Gasteiger partial charge in [-0.2, -0.15) is 0 Å². The molecule has 1 aromatic carbocycles. The zero-order chi connectivity index (χ0) is 16.5. The summed E-state index contributed by atoms with van der Waals surface area (Å²) in [4.78, 5) is 14.4. The maximum Gasteiger partial charge on any atom is 0.226 e. The molecular formula is C19H31ClN2O. The summed E-state index contributed by atoms with van der Waals surface area (Å²) < 4.78 is 0. The van der Waals surface area contributed by atoms with Crippen molar-refractivity contribution >= 4 is 18.3 Å². The second-order valence-electron chi connectivity index (χ2n) is 7.83. The fourth-order valence-corrected chi connectivity index (χ4v) is 3.03. The summed E-state index contributed by atoms with van der Waals surface area (Å²) in [6.45, 7) is 9.92. The van der Waals surface area contributed by atoms with Crippen molar-refractivity contribution in [1.82, 2.24) is 4.90 Å². The van der Waals surface area contributed by atoms with E-state index in [-0.39, 0.29) is 29.6 Å². The molecule has 2 unspecified atom stereocenters. The third-order valence-electron chi connectivity index (χ3n) is 4.73. The molecule has 0 saturated heterocycles. The number of halogens is 1. The summed E-state index contributed by atoms with van der Waals surface area (Å²) in [7, 11) is 1.90. The van der Waals surface area contributed by atoms with E-state index in [4.69, 9.17) is 5.73 Å². The van der Waals surface area contributed by atoms with Crippen LogP contribution >= 0.6 is 12.4 Å². The molecule has 2 rings (SSSR count). The minimum atomic E-state index is -0.0201. The molecule has 0 aliphatic heterocycles. The number of hydrogen-bond acceptors (Lipinski definition) is 2. The first-order valence-corrected chi connectivity index (χ1v) is 8.30. The van der Waals surface area contributed by atoms with Gasteiger partial charge in [0, 0.05) is 19.5 Å². The fourth-order valence-electron chi connectivity index (χ4n) is 3.03. The molecule has 1 aliphatic rings. The van der Waals surface area contributed by atoms with Crippen molar-refractivity contribution in [3.8, 4) is 0 Å². The number of nitrogens with zero attached hydrogens (tertiary/aromatic N) is 1. The first kappa shape index (κ1) is 20.0. The van der Waals surface area contributed by atoms with Crippen LogP contribution in [-0.2, 0) is 4.79 Å². The molecule has 1 aromatic rings. The monoisotopic (exact) mass is 338 g/mol. The van der Waals surface area contributed by atoms with Gasteiger partial charge in [-0.3, -0.25) is 4.79 Å². The van der Waals surface area contributed by atoms with E-state index in [0.717, 1.165) is 13.0 Å². The Balaban J connectivity index is 0.00000264. The topological polar surface area (TPSA) is 46.3 Å². The second-order valence-corrected chi connectivity index (χ2v) is 7.83. The lowest BCUT2D eigenvalue weighted by atomic mass is 9.93. The smallest absolute Gasteiger partial charge is 0.226 e. The number of nitrogens with two attached hydrogens (primary N) is 1. The Morgan fingerprint density at radius 1 is 1.30 bits per heavy atom. The lowest BCUT2D eigenvalue weighted by molar-refractivity contribution is -0.132. The largest absolute Gasteiger partial charge is 0.345 e. The fraction of sp³-hybridized carbons (Fsp3) is 0.632. The summed E-state index contributed by atoms with van der Waals surface area (Å²) in [5.74, 6) is 1.37. The summed E-state index contributed by atoms with van der Waals surface area (Å²) in [5.41, 5.74) is 8.40. The average molecular weight is 339 g/mol. The molecule has 1 fully saturated rings. The van der Waals surface area contributed by atoms with Crippen LogP contribution in [0.5, 0.6) is 0 Å². The van der Waals surface area contributed by atoms with Crippen LogP contribution in [-0.4, -0.2) is 30.9 Å². The van der Waals surface area contributed by atoms with Gasteiger partial charge >= 0.3 is 0 Å². The first-order chi connectivity index (χ1) is 10.2. The summed E-state index contributed by atoms with van der Waals surface area (Å²) in [5, 5.41) is 0. The minimum Gasteiger partial charge on any atom is -0.345 e. The van der Waals surface area contributed by atoms with Gasteiger partial charge in [0.15, 0.2) is 0 Å². The molecule has 1 amide bonds. The molecule has 2 atom stereocenters. The summed E-state index contributed by atoms with van der Waals surface area (Å²) in [6, 6.07) is 8.77. The molecule has 0 bridgehead atoms. The molecule has 23 heavy (non-hydrogen) atoms. The Kier molecular flexibility index (Phi) is 6.67. The molecule has 1 saturated carbocycles. The van der Waals surface area contributed by atoms with Gasteiger partial charge in [0.25, 0.3) is 0 Å². The van der Waals surface area contributed by atoms with Crippen molar-refractivity contribution in [2.75, 3.05) is 20.1 Å². The maximum atomic E-state index is 12.5. The lowest BCUT2D eigenvalue weighted by Crippen LogP contribution is -2.40. The highest BCUT2D eigenvalue weighted by atomic mass is 35.5. The number of benzene rings is 1. The van der Waals surface area contributed by atoms with E-state index in [1.165, 1.54) is 11.1 Å². The normalized spacial score (nSPS) is 20.1. The van der Waals surface area contributed by atoms with Crippen LogP contribution in [0.15, 0.2) is 24.3 Å². The van der Waals surface area contributed by atoms with Crippen LogP contribution in [0.4, 0.5) is 0 Å². The zero-order valence-corrected chi connectivity index (χ0v) is 15.8. The third kappa shape index (κ3) is 4.95. The van der Waals surface area contributed by atoms with E-state index in [9.17, 15) is 4.79 Å². The molecule has 4 heteroatoms. The van der Waals surface area contributed by atoms with E-state index in [0.29, 0.717) is 18.4 Å². The van der Waals surface area contributed by atoms with Crippen molar-refractivity contribution in [2.24, 2.45) is 17.1 Å². The molecular weight excluding hydrogens is 308 g/mol. The van der Waals surface area contributed by atoms with Gasteiger partial charge in [0.05, 0.1) is 0 Å². The number of carbonyl (C=O) groups is 1. The Bertz CT molecular complexity index is 525. The van der Waals surface area contributed by atoms with Crippen molar-refractivity contribution in [1.29, 1.82) is 0 Å². The van der Waals surface area contributed by atoms with Gasteiger partial charge in [-0.15, -0.1) is 12.4 Å². The van der Waals surface area contributed by atoms with E-state index in [2.05, 4.69) is 52.0 Å². The first-order valence-electron chi connectivity index (χ1n) is 8.30. The van der Waals surface area contributed by atoms with Crippen LogP contribution in [0.25, 0.3) is 0 Å². The maximum absolute atomic E-state index is 12.5. The molecule has 3 nitrogen and oxygen atoms in total. The van der Waals surface area contributed by atoms with Crippen molar-refractivity contribution in [3.05, 3.63) is 35.4 Å². The predicted molar refractivity (Wildman–Crippen MR) is 99.1 cm³/mol. The van der Waals surface area contributed by atoms with Crippen LogP contribution in [0.2, 0.25) is 0 Å². The molecule has 2 N–H and O–H groups in total. The third-order valence-corrected chi connectivity index (χ3v) is 4.73. The number of amides is 1. The lowest BCUT2D eigenvalue weighted by Gasteiger charge is -2.29. The van der Waals surface area contributed by atoms with Gasteiger partial charge < -0.3 is 10.6 Å². The summed E-state index contributed by atoms with van der Waals surface area (Å²) in [6.07, 6.45) is 0.979. The van der Waals surface area contributed by atoms with Crippen LogP contribution < -0.4 is 5.73 Å². The van der Waals surface area contributed by atoms with E-state index in [1.54, 1.807) is 0 Å². The number of rotatable bonds is 6. The quantitative estimate of drug-likeness (QED) is 0.858. The minimum absolute atomic E-state index is 0. The van der Waals surface area contributed by atoms with Gasteiger partial charge in [-0.25, -0.2) is 0 Å². The zero-order valence-electron chi connectivity index (χ0n) is 15.0. The molecule has 0 radical (unpaired) electrons. The molecule has 130 valence electrons. The highest BCUT2D eigenvalue weighted by Gasteiger charge is 2.45. The molecule has 0 heterocycles. The van der Waals surface area contributed by atoms with Crippen molar-refractivity contribution in [3.63, 3.8) is 0 Å². The van der Waals surface area contributed by atoms with E-state index < -0.39 is 0 Å². The Hall–Kier alpha value is -1.06.